The number of Topliss-reactive ketones (excluding diaryl/α,β-unsaturated/α-hetero) is 1. The van der Waals surface area contributed by atoms with E-state index in [1.54, 1.807) is 31.4 Å². The van der Waals surface area contributed by atoms with Gasteiger partial charge in [-0.1, -0.05) is 12.1 Å². The van der Waals surface area contributed by atoms with E-state index in [0.717, 1.165) is 11.3 Å². The van der Waals surface area contributed by atoms with Gasteiger partial charge in [0.2, 0.25) is 5.78 Å². The molecular formula is C15H11NO3. The van der Waals surface area contributed by atoms with Crippen molar-refractivity contribution in [1.29, 1.82) is 5.26 Å². The summed E-state index contributed by atoms with van der Waals surface area (Å²) < 4.78 is 9.88. The third-order valence-electron chi connectivity index (χ3n) is 2.58. The Morgan fingerprint density at radius 3 is 2.58 bits per heavy atom. The van der Waals surface area contributed by atoms with Gasteiger partial charge in [-0.2, -0.15) is 5.26 Å². The van der Waals surface area contributed by atoms with Crippen LogP contribution in [0.2, 0.25) is 0 Å². The third-order valence-corrected chi connectivity index (χ3v) is 2.58. The maximum atomic E-state index is 12.0. The maximum Gasteiger partial charge on any atom is 0.206 e. The van der Waals surface area contributed by atoms with Crippen molar-refractivity contribution in [2.45, 2.75) is 0 Å². The first kappa shape index (κ1) is 12.7. The van der Waals surface area contributed by atoms with Gasteiger partial charge in [0, 0.05) is 0 Å². The minimum absolute atomic E-state index is 0.0616. The summed E-state index contributed by atoms with van der Waals surface area (Å²) in [6.07, 6.45) is 4.26. The summed E-state index contributed by atoms with van der Waals surface area (Å²) in [4.78, 5) is 12.0. The lowest BCUT2D eigenvalue weighted by Gasteiger charge is -2.00. The Kier molecular flexibility index (Phi) is 3.79. The lowest BCUT2D eigenvalue weighted by molar-refractivity contribution is 0.103. The molecule has 2 aromatic rings. The van der Waals surface area contributed by atoms with Gasteiger partial charge >= 0.3 is 0 Å². The third kappa shape index (κ3) is 2.90. The maximum absolute atomic E-state index is 12.0. The molecular weight excluding hydrogens is 242 g/mol. The van der Waals surface area contributed by atoms with Crippen LogP contribution in [0, 0.1) is 11.3 Å². The van der Waals surface area contributed by atoms with Gasteiger partial charge in [-0.05, 0) is 29.8 Å². The van der Waals surface area contributed by atoms with Crippen LogP contribution in [0.5, 0.6) is 5.75 Å². The van der Waals surface area contributed by atoms with Gasteiger partial charge < -0.3 is 9.15 Å². The summed E-state index contributed by atoms with van der Waals surface area (Å²) in [5, 5.41) is 9.06. The molecule has 1 aromatic heterocycles. The molecule has 1 heterocycles. The Hall–Kier alpha value is -2.80. The number of ketones is 1. The molecule has 4 heteroatoms. The number of benzene rings is 1. The van der Waals surface area contributed by atoms with Crippen LogP contribution in [-0.4, -0.2) is 12.9 Å². The van der Waals surface area contributed by atoms with Crippen molar-refractivity contribution in [3.63, 3.8) is 0 Å². The lowest BCUT2D eigenvalue weighted by atomic mass is 10.0. The van der Waals surface area contributed by atoms with Crippen molar-refractivity contribution in [1.82, 2.24) is 0 Å². The quantitative estimate of drug-likeness (QED) is 0.477. The molecule has 0 bridgehead atoms. The van der Waals surface area contributed by atoms with Crippen molar-refractivity contribution >= 4 is 11.9 Å². The normalized spacial score (nSPS) is 10.8. The van der Waals surface area contributed by atoms with E-state index in [1.165, 1.54) is 24.7 Å². The van der Waals surface area contributed by atoms with E-state index in [9.17, 15) is 4.79 Å². The first-order valence-electron chi connectivity index (χ1n) is 5.57. The fourth-order valence-electron chi connectivity index (χ4n) is 1.56. The summed E-state index contributed by atoms with van der Waals surface area (Å²) in [5.41, 5.74) is 1.18. The Balaban J connectivity index is 2.28. The molecule has 0 N–H and O–H groups in total. The number of carbonyl (C=O) groups excluding carboxylic acids is 1. The molecule has 0 spiro atoms. The minimum Gasteiger partial charge on any atom is -0.497 e. The van der Waals surface area contributed by atoms with Gasteiger partial charge in [-0.25, -0.2) is 0 Å². The monoisotopic (exact) mass is 253 g/mol. The molecule has 1 aromatic carbocycles. The van der Waals surface area contributed by atoms with E-state index in [4.69, 9.17) is 14.4 Å². The highest BCUT2D eigenvalue weighted by Crippen LogP contribution is 2.16. The fourth-order valence-corrected chi connectivity index (χ4v) is 1.56. The number of allylic oxidation sites excluding steroid dienone is 1. The first-order valence-corrected chi connectivity index (χ1v) is 5.57. The molecule has 2 rings (SSSR count). The Bertz CT molecular complexity index is 631. The van der Waals surface area contributed by atoms with Crippen LogP contribution < -0.4 is 4.74 Å². The van der Waals surface area contributed by atoms with Crippen molar-refractivity contribution in [2.75, 3.05) is 7.11 Å². The zero-order valence-corrected chi connectivity index (χ0v) is 10.3. The Labute approximate surface area is 110 Å². The number of rotatable bonds is 4. The van der Waals surface area contributed by atoms with Crippen LogP contribution in [0.4, 0.5) is 0 Å². The van der Waals surface area contributed by atoms with Crippen LogP contribution in [0.1, 0.15) is 15.9 Å². The predicted octanol–water partition coefficient (Wildman–Crippen LogP) is 3.08. The molecule has 0 aliphatic heterocycles. The number of methoxy groups -OCH3 is 1. The van der Waals surface area contributed by atoms with E-state index >= 15 is 0 Å². The molecule has 0 saturated carbocycles. The molecule has 0 atom stereocenters. The highest BCUT2D eigenvalue weighted by atomic mass is 16.5. The Morgan fingerprint density at radius 2 is 2.05 bits per heavy atom. The zero-order valence-electron chi connectivity index (χ0n) is 10.3. The molecule has 0 aliphatic rings. The van der Waals surface area contributed by atoms with Crippen LogP contribution in [0.25, 0.3) is 6.08 Å². The van der Waals surface area contributed by atoms with Gasteiger partial charge in [-0.15, -0.1) is 0 Å². The molecule has 4 nitrogen and oxygen atoms in total. The standard InChI is InChI=1S/C15H11NO3/c1-18-14-4-2-11(3-5-14)8-13(9-16)15(17)12-6-7-19-10-12/h2-8,10H,1H3/b13-8+. The molecule has 0 unspecified atom stereocenters. The fraction of sp³-hybridized carbons (Fsp3) is 0.0667. The molecule has 94 valence electrons. The second-order valence-electron chi connectivity index (χ2n) is 3.78. The average Bonchev–Trinajstić information content (AvgIpc) is 2.99. The van der Waals surface area contributed by atoms with Gasteiger partial charge in [-0.3, -0.25) is 4.79 Å². The number of hydrogen-bond donors (Lipinski definition) is 0. The smallest absolute Gasteiger partial charge is 0.206 e. The van der Waals surface area contributed by atoms with E-state index < -0.39 is 0 Å². The van der Waals surface area contributed by atoms with Gasteiger partial charge in [0.1, 0.15) is 23.7 Å². The van der Waals surface area contributed by atoms with E-state index in [-0.39, 0.29) is 11.4 Å². The van der Waals surface area contributed by atoms with Crippen molar-refractivity contribution in [2.24, 2.45) is 0 Å². The van der Waals surface area contributed by atoms with Crippen molar-refractivity contribution in [3.05, 3.63) is 59.6 Å². The summed E-state index contributed by atoms with van der Waals surface area (Å²) >= 11 is 0. The number of nitriles is 1. The topological polar surface area (TPSA) is 63.2 Å². The largest absolute Gasteiger partial charge is 0.497 e. The molecule has 0 radical (unpaired) electrons. The first-order chi connectivity index (χ1) is 9.24. The SMILES string of the molecule is COc1ccc(/C=C(\C#N)C(=O)c2ccoc2)cc1. The number of carbonyl (C=O) groups is 1. The summed E-state index contributed by atoms with van der Waals surface area (Å²) in [6.45, 7) is 0. The van der Waals surface area contributed by atoms with E-state index in [1.807, 2.05) is 6.07 Å². The van der Waals surface area contributed by atoms with Crippen LogP contribution in [-0.2, 0) is 0 Å². The molecule has 0 fully saturated rings. The minimum atomic E-state index is -0.355. The van der Waals surface area contributed by atoms with Crippen LogP contribution >= 0.6 is 0 Å². The second kappa shape index (κ2) is 5.69. The number of ether oxygens (including phenoxy) is 1. The highest BCUT2D eigenvalue weighted by molar-refractivity contribution is 6.13. The van der Waals surface area contributed by atoms with Crippen molar-refractivity contribution < 1.29 is 13.9 Å². The average molecular weight is 253 g/mol. The molecule has 0 aliphatic carbocycles. The zero-order chi connectivity index (χ0) is 13.7. The number of nitrogens with zero attached hydrogens (tertiary/aromatic N) is 1. The Morgan fingerprint density at radius 1 is 1.32 bits per heavy atom. The van der Waals surface area contributed by atoms with Crippen molar-refractivity contribution in [3.8, 4) is 11.8 Å². The summed E-state index contributed by atoms with van der Waals surface area (Å²) in [7, 11) is 1.58. The summed E-state index contributed by atoms with van der Waals surface area (Å²) in [6, 6.07) is 10.5. The van der Waals surface area contributed by atoms with E-state index in [0.29, 0.717) is 5.56 Å². The van der Waals surface area contributed by atoms with Crippen LogP contribution in [0.3, 0.4) is 0 Å². The second-order valence-corrected chi connectivity index (χ2v) is 3.78. The van der Waals surface area contributed by atoms with Gasteiger partial charge in [0.15, 0.2) is 0 Å². The van der Waals surface area contributed by atoms with E-state index in [2.05, 4.69) is 0 Å². The van der Waals surface area contributed by atoms with Gasteiger partial charge in [0.05, 0.1) is 18.9 Å². The van der Waals surface area contributed by atoms with Gasteiger partial charge in [0.25, 0.3) is 0 Å². The number of furan rings is 1. The number of hydrogen-bond acceptors (Lipinski definition) is 4. The molecule has 19 heavy (non-hydrogen) atoms. The highest BCUT2D eigenvalue weighted by Gasteiger charge is 2.13. The molecule has 0 saturated heterocycles. The summed E-state index contributed by atoms with van der Waals surface area (Å²) in [5.74, 6) is 0.365. The predicted molar refractivity (Wildman–Crippen MR) is 69.6 cm³/mol. The van der Waals surface area contributed by atoms with Crippen LogP contribution in [0.15, 0.2) is 52.8 Å². The molecule has 0 amide bonds. The lowest BCUT2D eigenvalue weighted by Crippen LogP contribution is -1.99.